The van der Waals surface area contributed by atoms with E-state index in [-0.39, 0.29) is 10.8 Å². The van der Waals surface area contributed by atoms with Gasteiger partial charge in [-0.2, -0.15) is 10.1 Å². The van der Waals surface area contributed by atoms with Gasteiger partial charge in [-0.25, -0.2) is 17.8 Å². The van der Waals surface area contributed by atoms with Gasteiger partial charge in [-0.15, -0.1) is 5.10 Å². The van der Waals surface area contributed by atoms with E-state index < -0.39 is 10.0 Å². The molecule has 10 heteroatoms. The second kappa shape index (κ2) is 6.85. The molecule has 1 aromatic carbocycles. The van der Waals surface area contributed by atoms with Crippen LogP contribution in [0.2, 0.25) is 5.02 Å². The highest BCUT2D eigenvalue weighted by Gasteiger charge is 2.22. The van der Waals surface area contributed by atoms with Crippen LogP contribution in [-0.2, 0) is 23.1 Å². The summed E-state index contributed by atoms with van der Waals surface area (Å²) < 4.78 is 30.5. The van der Waals surface area contributed by atoms with E-state index in [1.807, 2.05) is 25.1 Å². The molecule has 3 aromatic rings. The fraction of sp³-hybridized carbons (Fsp3) is 0.267. The molecule has 1 N–H and O–H groups in total. The number of nitrogens with zero attached hydrogens (tertiary/aromatic N) is 5. The molecular weight excluding hydrogens is 364 g/mol. The molecule has 0 bridgehead atoms. The van der Waals surface area contributed by atoms with Crippen LogP contribution in [0.1, 0.15) is 18.2 Å². The van der Waals surface area contributed by atoms with Crippen molar-refractivity contribution in [2.75, 3.05) is 4.72 Å². The topological polar surface area (TPSA) is 94.7 Å². The molecule has 0 radical (unpaired) electrons. The first-order valence-corrected chi connectivity index (χ1v) is 9.44. The van der Waals surface area contributed by atoms with Gasteiger partial charge in [-0.05, 0) is 31.5 Å². The Kier molecular flexibility index (Phi) is 4.78. The molecule has 0 saturated carbocycles. The number of aromatic nitrogens is 5. The largest absolute Gasteiger partial charge is 0.269 e. The molecule has 0 aliphatic carbocycles. The van der Waals surface area contributed by atoms with Crippen molar-refractivity contribution >= 4 is 27.6 Å². The maximum absolute atomic E-state index is 12.5. The Morgan fingerprint density at radius 3 is 2.80 bits per heavy atom. The molecule has 8 nitrogen and oxygen atoms in total. The predicted molar refractivity (Wildman–Crippen MR) is 94.0 cm³/mol. The number of hydrogen-bond acceptors (Lipinski definition) is 5. The van der Waals surface area contributed by atoms with E-state index >= 15 is 0 Å². The van der Waals surface area contributed by atoms with E-state index in [1.54, 1.807) is 17.7 Å². The van der Waals surface area contributed by atoms with Crippen LogP contribution in [-0.4, -0.2) is 33.0 Å². The fourth-order valence-corrected chi connectivity index (χ4v) is 3.76. The number of nitrogens with one attached hydrogen (secondary N) is 1. The molecule has 0 amide bonds. The first kappa shape index (κ1) is 17.4. The maximum Gasteiger partial charge on any atom is 0.267 e. The molecule has 3 rings (SSSR count). The lowest BCUT2D eigenvalue weighted by Gasteiger charge is -2.05. The Morgan fingerprint density at radius 1 is 1.32 bits per heavy atom. The van der Waals surface area contributed by atoms with Crippen LogP contribution in [0, 0.1) is 6.92 Å². The van der Waals surface area contributed by atoms with Gasteiger partial charge in [0.05, 0.1) is 18.4 Å². The average molecular weight is 381 g/mol. The minimum Gasteiger partial charge on any atom is -0.269 e. The van der Waals surface area contributed by atoms with Crippen molar-refractivity contribution in [2.45, 2.75) is 31.8 Å². The van der Waals surface area contributed by atoms with Gasteiger partial charge in [0.25, 0.3) is 16.0 Å². The fourth-order valence-electron chi connectivity index (χ4n) is 2.43. The summed E-state index contributed by atoms with van der Waals surface area (Å²) in [4.78, 5) is 4.12. The average Bonchev–Trinajstić information content (AvgIpc) is 3.13. The van der Waals surface area contributed by atoms with Crippen molar-refractivity contribution in [1.82, 2.24) is 24.5 Å². The van der Waals surface area contributed by atoms with E-state index in [9.17, 15) is 8.42 Å². The van der Waals surface area contributed by atoms with E-state index in [0.717, 1.165) is 5.56 Å². The number of halogens is 1. The number of rotatable bonds is 6. The zero-order chi connectivity index (χ0) is 18.0. The van der Waals surface area contributed by atoms with Crippen LogP contribution in [0.4, 0.5) is 5.95 Å². The zero-order valence-corrected chi connectivity index (χ0v) is 15.3. The highest BCUT2D eigenvalue weighted by Crippen LogP contribution is 2.17. The summed E-state index contributed by atoms with van der Waals surface area (Å²) in [7, 11) is -3.79. The van der Waals surface area contributed by atoms with Crippen LogP contribution in [0.25, 0.3) is 0 Å². The van der Waals surface area contributed by atoms with Crippen LogP contribution in [0.3, 0.4) is 0 Å². The predicted octanol–water partition coefficient (Wildman–Crippen LogP) is 2.31. The van der Waals surface area contributed by atoms with Crippen molar-refractivity contribution in [2.24, 2.45) is 0 Å². The number of hydrogen-bond donors (Lipinski definition) is 1. The minimum absolute atomic E-state index is 0.00526. The Morgan fingerprint density at radius 2 is 2.12 bits per heavy atom. The molecule has 0 fully saturated rings. The zero-order valence-electron chi connectivity index (χ0n) is 13.7. The third kappa shape index (κ3) is 3.83. The number of aryl methyl sites for hydroxylation is 1. The number of anilines is 1. The Hall–Kier alpha value is -2.39. The lowest BCUT2D eigenvalue weighted by Crippen LogP contribution is -2.15. The van der Waals surface area contributed by atoms with Gasteiger partial charge < -0.3 is 0 Å². The smallest absolute Gasteiger partial charge is 0.267 e. The lowest BCUT2D eigenvalue weighted by molar-refractivity contribution is 0.597. The summed E-state index contributed by atoms with van der Waals surface area (Å²) in [5, 5.41) is 8.82. The molecule has 25 heavy (non-hydrogen) atoms. The molecule has 0 aliphatic rings. The van der Waals surface area contributed by atoms with Crippen LogP contribution in [0.5, 0.6) is 0 Å². The van der Waals surface area contributed by atoms with Crippen molar-refractivity contribution in [3.05, 3.63) is 53.1 Å². The van der Waals surface area contributed by atoms with E-state index in [1.165, 1.54) is 17.2 Å². The molecule has 0 atom stereocenters. The SMILES string of the molecule is CCn1ncc(S(=O)(=O)Nc2ncn(Cc3cccc(Cl)c3)n2)c1C. The summed E-state index contributed by atoms with van der Waals surface area (Å²) in [5.41, 5.74) is 1.50. The minimum atomic E-state index is -3.79. The Balaban J connectivity index is 1.77. The molecule has 2 aromatic heterocycles. The van der Waals surface area contributed by atoms with Gasteiger partial charge in [0.2, 0.25) is 0 Å². The van der Waals surface area contributed by atoms with E-state index in [2.05, 4.69) is 19.9 Å². The molecule has 132 valence electrons. The Labute approximate surface area is 150 Å². The molecule has 2 heterocycles. The van der Waals surface area contributed by atoms with Gasteiger partial charge in [0, 0.05) is 11.6 Å². The van der Waals surface area contributed by atoms with Crippen molar-refractivity contribution in [3.8, 4) is 0 Å². The lowest BCUT2D eigenvalue weighted by atomic mass is 10.2. The van der Waals surface area contributed by atoms with Gasteiger partial charge >= 0.3 is 0 Å². The molecule has 0 aliphatic heterocycles. The van der Waals surface area contributed by atoms with E-state index in [0.29, 0.717) is 23.8 Å². The number of sulfonamides is 1. The summed E-state index contributed by atoms with van der Waals surface area (Å²) in [6.45, 7) is 4.62. The first-order valence-electron chi connectivity index (χ1n) is 7.58. The summed E-state index contributed by atoms with van der Waals surface area (Å²) in [6, 6.07) is 7.34. The van der Waals surface area contributed by atoms with Crippen molar-refractivity contribution < 1.29 is 8.42 Å². The molecule has 0 unspecified atom stereocenters. The second-order valence-corrected chi connectivity index (χ2v) is 7.50. The standard InChI is InChI=1S/C15H17ClN6O2S/c1-3-22-11(2)14(8-18-22)25(23,24)20-15-17-10-21(19-15)9-12-5-4-6-13(16)7-12/h4-8,10H,3,9H2,1-2H3,(H,19,20). The van der Waals surface area contributed by atoms with Crippen LogP contribution >= 0.6 is 11.6 Å². The maximum atomic E-state index is 12.5. The van der Waals surface area contributed by atoms with Gasteiger partial charge in [-0.3, -0.25) is 4.68 Å². The highest BCUT2D eigenvalue weighted by molar-refractivity contribution is 7.92. The second-order valence-electron chi connectivity index (χ2n) is 5.41. The summed E-state index contributed by atoms with van der Waals surface area (Å²) in [5.74, 6) is 0.00526. The van der Waals surface area contributed by atoms with Gasteiger partial charge in [0.1, 0.15) is 11.2 Å². The quantitative estimate of drug-likeness (QED) is 0.708. The molecule has 0 saturated heterocycles. The van der Waals surface area contributed by atoms with Crippen molar-refractivity contribution in [3.63, 3.8) is 0 Å². The molecular formula is C15H17ClN6O2S. The monoisotopic (exact) mass is 380 g/mol. The highest BCUT2D eigenvalue weighted by atomic mass is 35.5. The van der Waals surface area contributed by atoms with Gasteiger partial charge in [-0.1, -0.05) is 23.7 Å². The van der Waals surface area contributed by atoms with Crippen molar-refractivity contribution in [1.29, 1.82) is 0 Å². The third-order valence-corrected chi connectivity index (χ3v) is 5.31. The van der Waals surface area contributed by atoms with E-state index in [4.69, 9.17) is 11.6 Å². The van der Waals surface area contributed by atoms with Gasteiger partial charge in [0.15, 0.2) is 0 Å². The Bertz CT molecular complexity index is 995. The van der Waals surface area contributed by atoms with Crippen LogP contribution in [0.15, 0.2) is 41.7 Å². The third-order valence-electron chi connectivity index (χ3n) is 3.64. The normalized spacial score (nSPS) is 11.6. The summed E-state index contributed by atoms with van der Waals surface area (Å²) in [6.07, 6.45) is 2.78. The number of benzene rings is 1. The van der Waals surface area contributed by atoms with Crippen LogP contribution < -0.4 is 4.72 Å². The molecule has 0 spiro atoms. The first-order chi connectivity index (χ1) is 11.9. The summed E-state index contributed by atoms with van der Waals surface area (Å²) >= 11 is 5.96.